The Bertz CT molecular complexity index is 632. The molecule has 0 aliphatic carbocycles. The van der Waals surface area contributed by atoms with E-state index in [1.54, 1.807) is 4.90 Å². The van der Waals surface area contributed by atoms with Crippen molar-refractivity contribution < 1.29 is 32.2 Å². The Kier molecular flexibility index (Phi) is 6.06. The predicted octanol–water partition coefficient (Wildman–Crippen LogP) is 3.01. The number of carbonyl (C=O) groups is 2. The number of halogens is 3. The molecular weight excluding hydrogens is 339 g/mol. The van der Waals surface area contributed by atoms with Crippen molar-refractivity contribution in [2.24, 2.45) is 5.92 Å². The number of piperidine rings is 1. The zero-order chi connectivity index (χ0) is 18.4. The zero-order valence-electron chi connectivity index (χ0n) is 13.6. The number of methoxy groups -OCH3 is 1. The topological polar surface area (TPSA) is 55.8 Å². The van der Waals surface area contributed by atoms with Gasteiger partial charge in [-0.3, -0.25) is 9.59 Å². The SMILES string of the molecule is COC(=O)C1CCN(C(=O)/C=C/c2ccc(OC(F)(F)F)cc2)CC1. The number of likely N-dealkylation sites (tertiary alicyclic amines) is 1. The van der Waals surface area contributed by atoms with Crippen molar-refractivity contribution >= 4 is 18.0 Å². The molecule has 1 saturated heterocycles. The number of nitrogens with zero attached hydrogens (tertiary/aromatic N) is 1. The predicted molar refractivity (Wildman–Crippen MR) is 83.5 cm³/mol. The molecule has 1 amide bonds. The van der Waals surface area contributed by atoms with E-state index in [2.05, 4.69) is 4.74 Å². The molecule has 0 N–H and O–H groups in total. The van der Waals surface area contributed by atoms with Crippen LogP contribution in [0.15, 0.2) is 30.3 Å². The van der Waals surface area contributed by atoms with Crippen molar-refractivity contribution in [2.45, 2.75) is 19.2 Å². The Morgan fingerprint density at radius 1 is 1.16 bits per heavy atom. The Morgan fingerprint density at radius 3 is 2.28 bits per heavy atom. The van der Waals surface area contributed by atoms with Crippen LogP contribution in [0, 0.1) is 5.92 Å². The molecule has 0 saturated carbocycles. The van der Waals surface area contributed by atoms with Gasteiger partial charge in [0, 0.05) is 19.2 Å². The first kappa shape index (κ1) is 18.8. The Balaban J connectivity index is 1.87. The van der Waals surface area contributed by atoms with Gasteiger partial charge in [-0.1, -0.05) is 12.1 Å². The number of hydrogen-bond acceptors (Lipinski definition) is 4. The molecule has 1 heterocycles. The fourth-order valence-corrected chi connectivity index (χ4v) is 2.56. The summed E-state index contributed by atoms with van der Waals surface area (Å²) in [5.41, 5.74) is 0.576. The van der Waals surface area contributed by atoms with E-state index in [-0.39, 0.29) is 23.5 Å². The molecule has 1 aliphatic heterocycles. The van der Waals surface area contributed by atoms with Gasteiger partial charge in [0.2, 0.25) is 5.91 Å². The summed E-state index contributed by atoms with van der Waals surface area (Å²) in [7, 11) is 1.34. The van der Waals surface area contributed by atoms with Gasteiger partial charge in [0.25, 0.3) is 0 Å². The van der Waals surface area contributed by atoms with Gasteiger partial charge in [-0.2, -0.15) is 0 Å². The summed E-state index contributed by atoms with van der Waals surface area (Å²) in [5, 5.41) is 0. The molecule has 0 atom stereocenters. The van der Waals surface area contributed by atoms with Crippen molar-refractivity contribution in [3.63, 3.8) is 0 Å². The van der Waals surface area contributed by atoms with E-state index in [9.17, 15) is 22.8 Å². The molecular formula is C17H18F3NO4. The lowest BCUT2D eigenvalue weighted by Crippen LogP contribution is -2.39. The van der Waals surface area contributed by atoms with E-state index in [1.807, 2.05) is 0 Å². The quantitative estimate of drug-likeness (QED) is 0.614. The number of hydrogen-bond donors (Lipinski definition) is 0. The molecule has 136 valence electrons. The highest BCUT2D eigenvalue weighted by Gasteiger charge is 2.31. The van der Waals surface area contributed by atoms with Gasteiger partial charge in [0.05, 0.1) is 13.0 Å². The number of amides is 1. The third-order valence-electron chi connectivity index (χ3n) is 3.87. The van der Waals surface area contributed by atoms with E-state index in [0.717, 1.165) is 0 Å². The molecule has 0 unspecified atom stereocenters. The maximum atomic E-state index is 12.1. The molecule has 0 aromatic heterocycles. The third-order valence-corrected chi connectivity index (χ3v) is 3.87. The highest BCUT2D eigenvalue weighted by Crippen LogP contribution is 2.23. The minimum Gasteiger partial charge on any atom is -0.469 e. The Labute approximate surface area is 143 Å². The number of esters is 1. The van der Waals surface area contributed by atoms with Crippen LogP contribution in [0.3, 0.4) is 0 Å². The zero-order valence-corrected chi connectivity index (χ0v) is 13.6. The van der Waals surface area contributed by atoms with E-state index in [1.165, 1.54) is 43.5 Å². The first-order valence-electron chi connectivity index (χ1n) is 7.69. The molecule has 1 aliphatic rings. The second-order valence-electron chi connectivity index (χ2n) is 5.57. The molecule has 5 nitrogen and oxygen atoms in total. The van der Waals surface area contributed by atoms with Crippen molar-refractivity contribution in [1.82, 2.24) is 4.90 Å². The van der Waals surface area contributed by atoms with Crippen LogP contribution in [-0.2, 0) is 14.3 Å². The van der Waals surface area contributed by atoms with Crippen LogP contribution in [-0.4, -0.2) is 43.3 Å². The van der Waals surface area contributed by atoms with E-state index in [4.69, 9.17) is 4.74 Å². The average Bonchev–Trinajstić information content (AvgIpc) is 2.59. The smallest absolute Gasteiger partial charge is 0.469 e. The van der Waals surface area contributed by atoms with Gasteiger partial charge in [-0.15, -0.1) is 13.2 Å². The highest BCUT2D eigenvalue weighted by atomic mass is 19.4. The summed E-state index contributed by atoms with van der Waals surface area (Å²) in [5.74, 6) is -0.970. The molecule has 0 bridgehead atoms. The van der Waals surface area contributed by atoms with Gasteiger partial charge in [0.1, 0.15) is 5.75 Å². The molecule has 25 heavy (non-hydrogen) atoms. The number of rotatable bonds is 4. The van der Waals surface area contributed by atoms with Gasteiger partial charge in [-0.25, -0.2) is 0 Å². The third kappa shape index (κ3) is 5.81. The summed E-state index contributed by atoms with van der Waals surface area (Å²) in [6.45, 7) is 0.919. The first-order valence-corrected chi connectivity index (χ1v) is 7.69. The number of benzene rings is 1. The van der Waals surface area contributed by atoms with Gasteiger partial charge < -0.3 is 14.4 Å². The fourth-order valence-electron chi connectivity index (χ4n) is 2.56. The average molecular weight is 357 g/mol. The van der Waals surface area contributed by atoms with E-state index < -0.39 is 6.36 Å². The van der Waals surface area contributed by atoms with Crippen LogP contribution in [0.4, 0.5) is 13.2 Å². The van der Waals surface area contributed by atoms with Crippen molar-refractivity contribution in [3.8, 4) is 5.75 Å². The normalized spacial score (nSPS) is 16.1. The molecule has 1 aromatic rings. The largest absolute Gasteiger partial charge is 0.573 e. The molecule has 1 aromatic carbocycles. The maximum absolute atomic E-state index is 12.1. The molecule has 0 radical (unpaired) electrons. The molecule has 0 spiro atoms. The van der Waals surface area contributed by atoms with Gasteiger partial charge in [0.15, 0.2) is 0 Å². The fraction of sp³-hybridized carbons (Fsp3) is 0.412. The van der Waals surface area contributed by atoms with Crippen LogP contribution in [0.5, 0.6) is 5.75 Å². The van der Waals surface area contributed by atoms with Crippen LogP contribution in [0.25, 0.3) is 6.08 Å². The summed E-state index contributed by atoms with van der Waals surface area (Å²) in [6.07, 6.45) is -0.751. The lowest BCUT2D eigenvalue weighted by atomic mass is 9.97. The van der Waals surface area contributed by atoms with Crippen molar-refractivity contribution in [3.05, 3.63) is 35.9 Å². The van der Waals surface area contributed by atoms with Crippen LogP contribution < -0.4 is 4.74 Å². The van der Waals surface area contributed by atoms with Gasteiger partial charge >= 0.3 is 12.3 Å². The Morgan fingerprint density at radius 2 is 1.76 bits per heavy atom. The first-order chi connectivity index (χ1) is 11.8. The van der Waals surface area contributed by atoms with E-state index in [0.29, 0.717) is 31.5 Å². The molecule has 2 rings (SSSR count). The summed E-state index contributed by atoms with van der Waals surface area (Å²) < 4.78 is 44.7. The second kappa shape index (κ2) is 8.04. The van der Waals surface area contributed by atoms with Crippen LogP contribution in [0.1, 0.15) is 18.4 Å². The number of carbonyl (C=O) groups excluding carboxylic acids is 2. The summed E-state index contributed by atoms with van der Waals surface area (Å²) in [6, 6.07) is 5.21. The lowest BCUT2D eigenvalue weighted by molar-refractivity contribution is -0.274. The summed E-state index contributed by atoms with van der Waals surface area (Å²) in [4.78, 5) is 25.2. The minimum absolute atomic E-state index is 0.181. The lowest BCUT2D eigenvalue weighted by Gasteiger charge is -2.29. The molecule has 1 fully saturated rings. The van der Waals surface area contributed by atoms with Crippen molar-refractivity contribution in [2.75, 3.05) is 20.2 Å². The molecule has 8 heteroatoms. The number of alkyl halides is 3. The minimum atomic E-state index is -4.73. The van der Waals surface area contributed by atoms with Crippen LogP contribution in [0.2, 0.25) is 0 Å². The highest BCUT2D eigenvalue weighted by molar-refractivity contribution is 5.92. The van der Waals surface area contributed by atoms with Crippen LogP contribution >= 0.6 is 0 Å². The van der Waals surface area contributed by atoms with Gasteiger partial charge in [-0.05, 0) is 36.6 Å². The van der Waals surface area contributed by atoms with E-state index >= 15 is 0 Å². The summed E-state index contributed by atoms with van der Waals surface area (Å²) >= 11 is 0. The Hall–Kier alpha value is -2.51. The maximum Gasteiger partial charge on any atom is 0.573 e. The monoisotopic (exact) mass is 357 g/mol. The van der Waals surface area contributed by atoms with Crippen molar-refractivity contribution in [1.29, 1.82) is 0 Å². The standard InChI is InChI=1S/C17H18F3NO4/c1-24-16(23)13-8-10-21(11-9-13)15(22)7-4-12-2-5-14(6-3-12)25-17(18,19)20/h2-7,13H,8-11H2,1H3/b7-4+. The second-order valence-corrected chi connectivity index (χ2v) is 5.57. The number of ether oxygens (including phenoxy) is 2.